The predicted octanol–water partition coefficient (Wildman–Crippen LogP) is 11.7. The summed E-state index contributed by atoms with van der Waals surface area (Å²) in [6.45, 7) is 17.6. The van der Waals surface area contributed by atoms with Gasteiger partial charge >= 0.3 is 277 Å². The average Bonchev–Trinajstić information content (AvgIpc) is 3.13. The number of hydrogen-bond donors (Lipinski definition) is 0. The summed E-state index contributed by atoms with van der Waals surface area (Å²) >= 11 is -2.47. The van der Waals surface area contributed by atoms with Gasteiger partial charge in [-0.15, -0.1) is 0 Å². The Hall–Kier alpha value is -2.12. The van der Waals surface area contributed by atoms with Crippen LogP contribution < -0.4 is 15.1 Å². The van der Waals surface area contributed by atoms with E-state index < -0.39 is 26.7 Å². The van der Waals surface area contributed by atoms with Gasteiger partial charge in [-0.3, -0.25) is 0 Å². The van der Waals surface area contributed by atoms with Gasteiger partial charge in [0, 0.05) is 0 Å². The number of allylic oxidation sites excluding steroid dienone is 1. The third kappa shape index (κ3) is 12.5. The molecule has 50 heavy (non-hydrogen) atoms. The van der Waals surface area contributed by atoms with Gasteiger partial charge in [-0.1, -0.05) is 36.4 Å². The van der Waals surface area contributed by atoms with Crippen molar-refractivity contribution in [3.8, 4) is 5.75 Å². The minimum absolute atomic E-state index is 0.0340. The van der Waals surface area contributed by atoms with Crippen molar-refractivity contribution in [3.05, 3.63) is 113 Å². The molecule has 2 atom stereocenters. The van der Waals surface area contributed by atoms with Gasteiger partial charge in [0.25, 0.3) is 0 Å². The van der Waals surface area contributed by atoms with Crippen molar-refractivity contribution in [2.45, 2.75) is 124 Å². The molecule has 3 aromatic carbocycles. The Kier molecular flexibility index (Phi) is 18.7. The maximum atomic E-state index is 7.14. The van der Waals surface area contributed by atoms with E-state index >= 15 is 0 Å². The first-order valence-corrected chi connectivity index (χ1v) is 29.1. The van der Waals surface area contributed by atoms with Crippen molar-refractivity contribution >= 4 is 37.1 Å². The molecule has 0 aliphatic heterocycles. The van der Waals surface area contributed by atoms with Gasteiger partial charge in [0.05, 0.1) is 0 Å². The van der Waals surface area contributed by atoms with Crippen molar-refractivity contribution in [1.29, 1.82) is 0 Å². The van der Waals surface area contributed by atoms with Crippen LogP contribution in [-0.2, 0) is 15.8 Å². The summed E-state index contributed by atoms with van der Waals surface area (Å²) < 4.78 is 26.5. The van der Waals surface area contributed by atoms with Gasteiger partial charge in [-0.25, -0.2) is 0 Å². The SMILES string of the molecule is CCC[CH2][Sn](/[CH]=C\[C@@H](OCc1ccc(OC)cc1)[C@H](C)C/C=C/CO[Si](c1ccccc1)(c1ccccc1)C(C)(C)C)([CH2]CCC)[CH2]CCC. The zero-order valence-electron chi connectivity index (χ0n) is 32.8. The van der Waals surface area contributed by atoms with E-state index in [1.807, 2.05) is 12.1 Å². The molecule has 5 heteroatoms. The maximum absolute atomic E-state index is 7.14. The Labute approximate surface area is 311 Å². The summed E-state index contributed by atoms with van der Waals surface area (Å²) in [6, 6.07) is 30.2. The minimum atomic E-state index is -2.56. The standard InChI is InChI=1S/C33H41O3Si.3C4H9.Sn/c1-7-32(35-26-28-21-23-29(34-6)24-22-28)27(2)16-14-15-25-36-37(33(3,4)5,30-17-10-8-11-18-30)31-19-12-9-13-20-31;3*1-3-4-2;/h1,7-15,17-24,27,32H,16,25-26H2,2-6H3;3*1,3-4H2,2H3;/b7-1?,15-14+;;;;/t27-,32-;;;;/m1..../s1. The Morgan fingerprint density at radius 3 is 1.70 bits per heavy atom. The molecular weight excluding hydrogens is 735 g/mol. The molecule has 0 heterocycles. The van der Waals surface area contributed by atoms with Gasteiger partial charge in [-0.05, 0) is 0 Å². The third-order valence-electron chi connectivity index (χ3n) is 10.4. The van der Waals surface area contributed by atoms with E-state index in [2.05, 4.69) is 144 Å². The Morgan fingerprint density at radius 1 is 0.720 bits per heavy atom. The molecule has 274 valence electrons. The fourth-order valence-corrected chi connectivity index (χ4v) is 26.1. The molecule has 0 spiro atoms. The summed E-state index contributed by atoms with van der Waals surface area (Å²) in [5.41, 5.74) is 1.18. The summed E-state index contributed by atoms with van der Waals surface area (Å²) in [6.07, 6.45) is 16.1. The van der Waals surface area contributed by atoms with Crippen LogP contribution >= 0.6 is 0 Å². The number of unbranched alkanes of at least 4 members (excludes halogenated alkanes) is 3. The van der Waals surface area contributed by atoms with Crippen LogP contribution in [0.1, 0.15) is 99.0 Å². The van der Waals surface area contributed by atoms with E-state index in [0.29, 0.717) is 19.1 Å². The molecule has 3 nitrogen and oxygen atoms in total. The van der Waals surface area contributed by atoms with Gasteiger partial charge < -0.3 is 0 Å². The first-order valence-electron chi connectivity index (χ1n) is 19.5. The van der Waals surface area contributed by atoms with Gasteiger partial charge in [0.2, 0.25) is 0 Å². The zero-order chi connectivity index (χ0) is 36.3. The second kappa shape index (κ2) is 22.1. The predicted molar refractivity (Wildman–Crippen MR) is 222 cm³/mol. The molecule has 3 rings (SSSR count). The van der Waals surface area contributed by atoms with E-state index in [4.69, 9.17) is 13.9 Å². The van der Waals surface area contributed by atoms with E-state index in [1.165, 1.54) is 67.8 Å². The summed E-state index contributed by atoms with van der Waals surface area (Å²) in [4.78, 5) is 0. The van der Waals surface area contributed by atoms with Crippen molar-refractivity contribution < 1.29 is 13.9 Å². The van der Waals surface area contributed by atoms with Crippen molar-refractivity contribution in [3.63, 3.8) is 0 Å². The van der Waals surface area contributed by atoms with Crippen molar-refractivity contribution in [2.24, 2.45) is 5.92 Å². The summed E-state index contributed by atoms with van der Waals surface area (Å²) in [7, 11) is -0.845. The molecule has 0 bridgehead atoms. The van der Waals surface area contributed by atoms with E-state index in [-0.39, 0.29) is 11.1 Å². The Bertz CT molecular complexity index is 1320. The van der Waals surface area contributed by atoms with E-state index in [0.717, 1.165) is 12.2 Å². The fourth-order valence-electron chi connectivity index (χ4n) is 7.28. The molecule has 0 unspecified atom stereocenters. The molecule has 0 aliphatic rings. The molecular formula is C45H68O3SiSn. The molecule has 0 aliphatic carbocycles. The van der Waals surface area contributed by atoms with E-state index in [9.17, 15) is 0 Å². The molecule has 0 radical (unpaired) electrons. The topological polar surface area (TPSA) is 27.7 Å². The van der Waals surface area contributed by atoms with Crippen LogP contribution in [0, 0.1) is 5.92 Å². The van der Waals surface area contributed by atoms with Crippen LogP contribution in [-0.4, -0.2) is 46.5 Å². The first kappa shape index (κ1) is 42.3. The molecule has 0 N–H and O–H groups in total. The molecule has 3 aromatic rings. The fraction of sp³-hybridized carbons (Fsp3) is 0.511. The average molecular weight is 804 g/mol. The molecule has 0 fully saturated rings. The van der Waals surface area contributed by atoms with Crippen molar-refractivity contribution in [1.82, 2.24) is 0 Å². The summed E-state index contributed by atoms with van der Waals surface area (Å²) in [5, 5.41) is 2.61. The number of methoxy groups -OCH3 is 1. The number of ether oxygens (including phenoxy) is 2. The number of hydrogen-bond acceptors (Lipinski definition) is 3. The summed E-state index contributed by atoms with van der Waals surface area (Å²) in [5.74, 6) is 1.23. The Morgan fingerprint density at radius 2 is 1.24 bits per heavy atom. The third-order valence-corrected chi connectivity index (χ3v) is 29.5. The van der Waals surface area contributed by atoms with Crippen LogP contribution in [0.3, 0.4) is 0 Å². The monoisotopic (exact) mass is 804 g/mol. The van der Waals surface area contributed by atoms with Crippen LogP contribution in [0.2, 0.25) is 18.3 Å². The van der Waals surface area contributed by atoms with Crippen molar-refractivity contribution in [2.75, 3.05) is 13.7 Å². The van der Waals surface area contributed by atoms with Crippen LogP contribution in [0.4, 0.5) is 0 Å². The van der Waals surface area contributed by atoms with Gasteiger partial charge in [0.1, 0.15) is 0 Å². The molecule has 0 saturated carbocycles. The van der Waals surface area contributed by atoms with Crippen LogP contribution in [0.5, 0.6) is 5.75 Å². The second-order valence-corrected chi connectivity index (χ2v) is 32.6. The second-order valence-electron chi connectivity index (χ2n) is 15.3. The van der Waals surface area contributed by atoms with E-state index in [1.54, 1.807) is 7.11 Å². The molecule has 0 aromatic heterocycles. The van der Waals surface area contributed by atoms with Gasteiger partial charge in [0.15, 0.2) is 0 Å². The van der Waals surface area contributed by atoms with Gasteiger partial charge in [-0.2, -0.15) is 0 Å². The first-order chi connectivity index (χ1) is 24.1. The molecule has 0 saturated heterocycles. The quantitative estimate of drug-likeness (QED) is 0.0706. The zero-order valence-corrected chi connectivity index (χ0v) is 36.6. The van der Waals surface area contributed by atoms with Crippen LogP contribution in [0.15, 0.2) is 107 Å². The molecule has 0 amide bonds. The number of benzene rings is 3. The van der Waals surface area contributed by atoms with Crippen LogP contribution in [0.25, 0.3) is 0 Å². The normalized spacial score (nSPS) is 14.0. The number of rotatable bonds is 23. The Balaban J connectivity index is 1.84.